The first-order valence-electron chi connectivity index (χ1n) is 7.85. The first-order valence-corrected chi connectivity index (χ1v) is 9.02. The molecule has 7 nitrogen and oxygen atoms in total. The van der Waals surface area contributed by atoms with Crippen LogP contribution in [0.25, 0.3) is 10.9 Å². The van der Waals surface area contributed by atoms with Gasteiger partial charge in [0.2, 0.25) is 0 Å². The summed E-state index contributed by atoms with van der Waals surface area (Å²) in [5, 5.41) is 10.8. The minimum atomic E-state index is -0.434. The number of rotatable bonds is 1. The van der Waals surface area contributed by atoms with Gasteiger partial charge in [-0.2, -0.15) is 4.98 Å². The highest BCUT2D eigenvalue weighted by atomic mass is 79.9. The average molecular weight is 438 g/mol. The Morgan fingerprint density at radius 2 is 2.15 bits per heavy atom. The van der Waals surface area contributed by atoms with E-state index in [9.17, 15) is 9.90 Å². The van der Waals surface area contributed by atoms with E-state index in [0.29, 0.717) is 42.3 Å². The molecular weight excluding hydrogens is 424 g/mol. The number of fused-ring (bicyclic) bond motifs is 2. The lowest BCUT2D eigenvalue weighted by Crippen LogP contribution is -2.28. The summed E-state index contributed by atoms with van der Waals surface area (Å²) in [5.41, 5.74) is 0.977. The Balaban J connectivity index is 2.04. The highest BCUT2D eigenvalue weighted by molar-refractivity contribution is 9.10. The van der Waals surface area contributed by atoms with Crippen molar-refractivity contribution in [3.05, 3.63) is 49.9 Å². The van der Waals surface area contributed by atoms with Crippen molar-refractivity contribution in [2.24, 2.45) is 7.05 Å². The van der Waals surface area contributed by atoms with Gasteiger partial charge in [-0.1, -0.05) is 27.5 Å². The molecule has 0 atom stereocenters. The smallest absolute Gasteiger partial charge is 0.349 e. The second-order valence-corrected chi connectivity index (χ2v) is 7.16. The molecule has 0 aliphatic carbocycles. The van der Waals surface area contributed by atoms with Gasteiger partial charge in [-0.25, -0.2) is 9.78 Å². The predicted molar refractivity (Wildman–Crippen MR) is 102 cm³/mol. The van der Waals surface area contributed by atoms with Crippen molar-refractivity contribution in [2.75, 3.05) is 18.1 Å². The average Bonchev–Trinajstić information content (AvgIpc) is 2.83. The Kier molecular flexibility index (Phi) is 4.34. The Bertz CT molecular complexity index is 1090. The lowest BCUT2D eigenvalue weighted by Gasteiger charge is -2.24. The fourth-order valence-electron chi connectivity index (χ4n) is 3.01. The number of pyridine rings is 1. The molecule has 1 N–H and O–H groups in total. The normalized spacial score (nSPS) is 14.3. The maximum Gasteiger partial charge on any atom is 0.349 e. The molecule has 26 heavy (non-hydrogen) atoms. The van der Waals surface area contributed by atoms with Gasteiger partial charge in [0, 0.05) is 41.3 Å². The first-order chi connectivity index (χ1) is 12.5. The number of hydrogen-bond acceptors (Lipinski definition) is 6. The number of aryl methyl sites for hydroxylation is 1. The predicted octanol–water partition coefficient (Wildman–Crippen LogP) is 3.12. The summed E-state index contributed by atoms with van der Waals surface area (Å²) in [6, 6.07) is 4.92. The number of nitrogens with zero attached hydrogens (tertiary/aromatic N) is 4. The number of ether oxygens (including phenoxy) is 1. The Hall–Kier alpha value is -2.16. The molecule has 0 unspecified atom stereocenters. The van der Waals surface area contributed by atoms with Crippen molar-refractivity contribution in [3.8, 4) is 5.75 Å². The highest BCUT2D eigenvalue weighted by Crippen LogP contribution is 2.37. The van der Waals surface area contributed by atoms with Crippen LogP contribution in [-0.2, 0) is 18.4 Å². The molecule has 0 amide bonds. The van der Waals surface area contributed by atoms with Crippen LogP contribution in [0.4, 0.5) is 11.6 Å². The van der Waals surface area contributed by atoms with Gasteiger partial charge in [0.05, 0.1) is 23.8 Å². The van der Waals surface area contributed by atoms with Crippen molar-refractivity contribution in [1.29, 1.82) is 0 Å². The van der Waals surface area contributed by atoms with Crippen LogP contribution in [0.5, 0.6) is 5.75 Å². The van der Waals surface area contributed by atoms with E-state index in [2.05, 4.69) is 25.9 Å². The number of anilines is 2. The maximum atomic E-state index is 12.4. The van der Waals surface area contributed by atoms with Crippen LogP contribution in [0, 0.1) is 0 Å². The number of hydrogen-bond donors (Lipinski definition) is 1. The van der Waals surface area contributed by atoms with Crippen molar-refractivity contribution in [1.82, 2.24) is 14.5 Å². The van der Waals surface area contributed by atoms with Gasteiger partial charge in [0.1, 0.15) is 17.4 Å². The molecule has 1 aliphatic heterocycles. The van der Waals surface area contributed by atoms with E-state index in [1.54, 1.807) is 19.3 Å². The van der Waals surface area contributed by atoms with Gasteiger partial charge < -0.3 is 14.7 Å². The van der Waals surface area contributed by atoms with Gasteiger partial charge >= 0.3 is 5.69 Å². The monoisotopic (exact) mass is 436 g/mol. The second-order valence-electron chi connectivity index (χ2n) is 5.90. The molecule has 1 aliphatic rings. The van der Waals surface area contributed by atoms with Crippen LogP contribution in [0.2, 0.25) is 5.02 Å². The van der Waals surface area contributed by atoms with E-state index >= 15 is 0 Å². The van der Waals surface area contributed by atoms with Gasteiger partial charge in [-0.05, 0) is 12.1 Å². The minimum absolute atomic E-state index is 0.0909. The fraction of sp³-hybridized carbons (Fsp3) is 0.235. The molecule has 0 spiro atoms. The van der Waals surface area contributed by atoms with Gasteiger partial charge in [0.25, 0.3) is 0 Å². The third-order valence-electron chi connectivity index (χ3n) is 4.35. The number of phenolic OH excluding ortho intramolecular Hbond substituents is 1. The number of aromatic nitrogens is 3. The molecule has 2 aromatic heterocycles. The summed E-state index contributed by atoms with van der Waals surface area (Å²) in [6.07, 6.45) is 1.68. The number of benzene rings is 1. The zero-order valence-electron chi connectivity index (χ0n) is 13.7. The highest BCUT2D eigenvalue weighted by Gasteiger charge is 2.24. The van der Waals surface area contributed by atoms with E-state index in [1.807, 2.05) is 11.0 Å². The summed E-state index contributed by atoms with van der Waals surface area (Å²) in [7, 11) is 1.60. The van der Waals surface area contributed by atoms with Gasteiger partial charge in [0.15, 0.2) is 0 Å². The molecule has 4 rings (SSSR count). The van der Waals surface area contributed by atoms with Crippen LogP contribution >= 0.6 is 27.5 Å². The van der Waals surface area contributed by atoms with E-state index in [1.165, 1.54) is 10.6 Å². The number of halogens is 2. The van der Waals surface area contributed by atoms with Crippen LogP contribution in [0.3, 0.4) is 0 Å². The quantitative estimate of drug-likeness (QED) is 0.630. The zero-order chi connectivity index (χ0) is 18.4. The van der Waals surface area contributed by atoms with E-state index in [4.69, 9.17) is 16.3 Å². The maximum absolute atomic E-state index is 12.4. The molecule has 3 heterocycles. The van der Waals surface area contributed by atoms with Crippen LogP contribution in [-0.4, -0.2) is 32.8 Å². The SMILES string of the molecule is Cn1c(=O)nc(N2CCOCc3c(Br)ccnc32)c2cc(Cl)c(O)cc21. The largest absolute Gasteiger partial charge is 0.506 e. The molecule has 9 heteroatoms. The van der Waals surface area contributed by atoms with E-state index in [-0.39, 0.29) is 10.8 Å². The van der Waals surface area contributed by atoms with E-state index < -0.39 is 5.69 Å². The second kappa shape index (κ2) is 6.53. The summed E-state index contributed by atoms with van der Waals surface area (Å²) in [5.74, 6) is 1.01. The van der Waals surface area contributed by atoms with Gasteiger partial charge in [-0.15, -0.1) is 0 Å². The zero-order valence-corrected chi connectivity index (χ0v) is 16.1. The Morgan fingerprint density at radius 1 is 1.35 bits per heavy atom. The Morgan fingerprint density at radius 3 is 2.96 bits per heavy atom. The lowest BCUT2D eigenvalue weighted by molar-refractivity contribution is 0.133. The molecule has 0 saturated heterocycles. The molecule has 0 radical (unpaired) electrons. The van der Waals surface area contributed by atoms with Crippen LogP contribution in [0.1, 0.15) is 5.56 Å². The molecular formula is C17H14BrClN4O3. The summed E-state index contributed by atoms with van der Waals surface area (Å²) in [6.45, 7) is 1.34. The standard InChI is InChI=1S/C17H14BrClN4O3/c1-22-13-7-14(24)12(19)6-9(13)16(21-17(22)25)23-4-5-26-8-10-11(18)2-3-20-15(10)23/h2-3,6-7,24H,4-5,8H2,1H3. The number of phenols is 1. The van der Waals surface area contributed by atoms with Crippen molar-refractivity contribution in [3.63, 3.8) is 0 Å². The lowest BCUT2D eigenvalue weighted by atomic mass is 10.2. The molecule has 0 bridgehead atoms. The fourth-order valence-corrected chi connectivity index (χ4v) is 3.58. The van der Waals surface area contributed by atoms with Crippen molar-refractivity contribution >= 4 is 50.1 Å². The summed E-state index contributed by atoms with van der Waals surface area (Å²) in [4.78, 5) is 23.0. The Labute approximate surface area is 161 Å². The van der Waals surface area contributed by atoms with Crippen molar-refractivity contribution in [2.45, 2.75) is 6.61 Å². The third kappa shape index (κ3) is 2.74. The molecule has 3 aromatic rings. The molecule has 134 valence electrons. The minimum Gasteiger partial charge on any atom is -0.506 e. The molecule has 0 fully saturated rings. The number of aromatic hydroxyl groups is 1. The topological polar surface area (TPSA) is 80.5 Å². The van der Waals surface area contributed by atoms with Crippen LogP contribution in [0.15, 0.2) is 33.7 Å². The molecule has 0 saturated carbocycles. The first kappa shape index (κ1) is 17.3. The van der Waals surface area contributed by atoms with Crippen molar-refractivity contribution < 1.29 is 9.84 Å². The molecule has 1 aromatic carbocycles. The third-order valence-corrected chi connectivity index (χ3v) is 5.39. The van der Waals surface area contributed by atoms with Gasteiger partial charge in [-0.3, -0.25) is 4.57 Å². The van der Waals surface area contributed by atoms with Crippen LogP contribution < -0.4 is 10.6 Å². The summed E-state index contributed by atoms with van der Waals surface area (Å²) < 4.78 is 7.92. The summed E-state index contributed by atoms with van der Waals surface area (Å²) >= 11 is 9.64. The van der Waals surface area contributed by atoms with E-state index in [0.717, 1.165) is 10.0 Å².